The normalized spacial score (nSPS) is 12.2. The molecule has 2 rings (SSSR count). The van der Waals surface area contributed by atoms with E-state index in [1.807, 2.05) is 0 Å². The molecule has 0 spiro atoms. The summed E-state index contributed by atoms with van der Waals surface area (Å²) in [5.41, 5.74) is 0.777. The first-order valence-corrected chi connectivity index (χ1v) is 7.99. The number of thiocarbonyl (C=S) groups is 1. The molecular weight excluding hydrogens is 305 g/mol. The van der Waals surface area contributed by atoms with Crippen LogP contribution < -0.4 is 15.5 Å². The molecule has 112 valence electrons. The molecule has 0 saturated heterocycles. The molecule has 0 fully saturated rings. The van der Waals surface area contributed by atoms with E-state index in [0.717, 1.165) is 12.2 Å². The number of benzene rings is 1. The van der Waals surface area contributed by atoms with Gasteiger partial charge in [-0.25, -0.2) is 4.39 Å². The minimum atomic E-state index is -0.256. The predicted octanol–water partition coefficient (Wildman–Crippen LogP) is 2.06. The van der Waals surface area contributed by atoms with Crippen molar-refractivity contribution in [2.75, 3.05) is 26.0 Å². The van der Waals surface area contributed by atoms with E-state index < -0.39 is 0 Å². The summed E-state index contributed by atoms with van der Waals surface area (Å²) in [6, 6.07) is 10.7. The van der Waals surface area contributed by atoms with Crippen LogP contribution in [0.25, 0.3) is 0 Å². The molecule has 0 saturated carbocycles. The van der Waals surface area contributed by atoms with Gasteiger partial charge in [0.15, 0.2) is 5.11 Å². The van der Waals surface area contributed by atoms with Crippen LogP contribution in [-0.2, 0) is 0 Å². The highest BCUT2D eigenvalue weighted by Gasteiger charge is 2.18. The van der Waals surface area contributed by atoms with Crippen molar-refractivity contribution in [3.05, 3.63) is 52.5 Å². The maximum absolute atomic E-state index is 12.8. The van der Waals surface area contributed by atoms with Crippen molar-refractivity contribution < 1.29 is 9.29 Å². The molecule has 0 unspecified atom stereocenters. The Kier molecular flexibility index (Phi) is 5.67. The Bertz CT molecular complexity index is 567. The fraction of sp³-hybridized carbons (Fsp3) is 0.267. The van der Waals surface area contributed by atoms with Crippen LogP contribution in [0.2, 0.25) is 0 Å². The maximum atomic E-state index is 12.8. The van der Waals surface area contributed by atoms with Crippen molar-refractivity contribution >= 4 is 34.4 Å². The van der Waals surface area contributed by atoms with Gasteiger partial charge in [0.1, 0.15) is 11.9 Å². The number of halogens is 1. The Morgan fingerprint density at radius 1 is 1.29 bits per heavy atom. The Hall–Kier alpha value is -1.50. The molecule has 3 nitrogen and oxygen atoms in total. The van der Waals surface area contributed by atoms with E-state index >= 15 is 0 Å². The van der Waals surface area contributed by atoms with E-state index in [2.05, 4.69) is 42.2 Å². The number of rotatable bonds is 5. The molecule has 21 heavy (non-hydrogen) atoms. The first kappa shape index (κ1) is 15.9. The molecule has 0 aliphatic heterocycles. The lowest BCUT2D eigenvalue weighted by Crippen LogP contribution is -3.06. The molecule has 1 aromatic carbocycles. The number of hydrogen-bond donors (Lipinski definition) is 3. The molecule has 0 radical (unpaired) electrons. The van der Waals surface area contributed by atoms with Gasteiger partial charge >= 0.3 is 0 Å². The van der Waals surface area contributed by atoms with E-state index in [1.54, 1.807) is 23.5 Å². The molecule has 6 heteroatoms. The lowest BCUT2D eigenvalue weighted by molar-refractivity contribution is -0.890. The second-order valence-corrected chi connectivity index (χ2v) is 6.37. The Morgan fingerprint density at radius 2 is 2.00 bits per heavy atom. The average molecular weight is 324 g/mol. The second-order valence-electron chi connectivity index (χ2n) is 4.99. The van der Waals surface area contributed by atoms with Gasteiger partial charge in [0.25, 0.3) is 0 Å². The third-order valence-electron chi connectivity index (χ3n) is 3.15. The summed E-state index contributed by atoms with van der Waals surface area (Å²) in [5.74, 6) is -0.256. The van der Waals surface area contributed by atoms with Crippen molar-refractivity contribution in [3.8, 4) is 0 Å². The summed E-state index contributed by atoms with van der Waals surface area (Å²) in [4.78, 5) is 2.67. The monoisotopic (exact) mass is 324 g/mol. The number of thiophene rings is 1. The van der Waals surface area contributed by atoms with Gasteiger partial charge in [-0.05, 0) is 47.9 Å². The first-order chi connectivity index (χ1) is 10.1. The highest BCUT2D eigenvalue weighted by Crippen LogP contribution is 2.15. The molecule has 1 aromatic heterocycles. The van der Waals surface area contributed by atoms with Crippen LogP contribution >= 0.6 is 23.6 Å². The molecule has 0 aliphatic carbocycles. The second kappa shape index (κ2) is 7.49. The molecule has 2 aromatic rings. The fourth-order valence-electron chi connectivity index (χ4n) is 1.98. The van der Waals surface area contributed by atoms with Crippen molar-refractivity contribution in [1.29, 1.82) is 0 Å². The third-order valence-corrected chi connectivity index (χ3v) is 4.38. The van der Waals surface area contributed by atoms with Gasteiger partial charge in [-0.15, -0.1) is 11.3 Å². The van der Waals surface area contributed by atoms with Gasteiger partial charge in [-0.3, -0.25) is 0 Å². The SMILES string of the molecule is C[NH+](C)[C@@H](CNC(=S)Nc1ccc(F)cc1)c1cccs1. The van der Waals surface area contributed by atoms with Crippen LogP contribution in [-0.4, -0.2) is 25.8 Å². The zero-order valence-corrected chi connectivity index (χ0v) is 13.7. The summed E-state index contributed by atoms with van der Waals surface area (Å²) < 4.78 is 12.8. The quantitative estimate of drug-likeness (QED) is 0.735. The zero-order valence-electron chi connectivity index (χ0n) is 12.0. The van der Waals surface area contributed by atoms with Crippen molar-refractivity contribution in [2.45, 2.75) is 6.04 Å². The van der Waals surface area contributed by atoms with Crippen LogP contribution in [0.1, 0.15) is 10.9 Å². The summed E-state index contributed by atoms with van der Waals surface area (Å²) in [6.07, 6.45) is 0. The van der Waals surface area contributed by atoms with Gasteiger partial charge < -0.3 is 15.5 Å². The van der Waals surface area contributed by atoms with Gasteiger partial charge in [0, 0.05) is 5.69 Å². The van der Waals surface area contributed by atoms with Crippen LogP contribution in [0.3, 0.4) is 0 Å². The van der Waals surface area contributed by atoms with E-state index in [4.69, 9.17) is 12.2 Å². The van der Waals surface area contributed by atoms with Gasteiger partial charge in [0.05, 0.1) is 25.5 Å². The summed E-state index contributed by atoms with van der Waals surface area (Å²) in [6.45, 7) is 0.746. The fourth-order valence-corrected chi connectivity index (χ4v) is 3.14. The number of anilines is 1. The van der Waals surface area contributed by atoms with Crippen molar-refractivity contribution in [1.82, 2.24) is 5.32 Å². The third kappa shape index (κ3) is 4.77. The maximum Gasteiger partial charge on any atom is 0.171 e. The Balaban J connectivity index is 1.89. The largest absolute Gasteiger partial charge is 0.356 e. The Morgan fingerprint density at radius 3 is 2.57 bits per heavy atom. The standard InChI is InChI=1S/C15H18FN3S2/c1-19(2)13(14-4-3-9-21-14)10-17-15(20)18-12-7-5-11(16)6-8-12/h3-9,13H,10H2,1-2H3,(H2,17,18,20)/p+1/t13-/m0/s1. The summed E-state index contributed by atoms with van der Waals surface area (Å²) in [5, 5.41) is 8.91. The van der Waals surface area contributed by atoms with E-state index in [9.17, 15) is 4.39 Å². The van der Waals surface area contributed by atoms with Gasteiger partial charge in [0.2, 0.25) is 0 Å². The highest BCUT2D eigenvalue weighted by molar-refractivity contribution is 7.80. The van der Waals surface area contributed by atoms with Crippen LogP contribution in [0.15, 0.2) is 41.8 Å². The minimum Gasteiger partial charge on any atom is -0.356 e. The lowest BCUT2D eigenvalue weighted by Gasteiger charge is -2.21. The molecule has 1 heterocycles. The smallest absolute Gasteiger partial charge is 0.171 e. The van der Waals surface area contributed by atoms with E-state index in [0.29, 0.717) is 11.2 Å². The van der Waals surface area contributed by atoms with Gasteiger partial charge in [-0.1, -0.05) is 6.07 Å². The van der Waals surface area contributed by atoms with Gasteiger partial charge in [-0.2, -0.15) is 0 Å². The lowest BCUT2D eigenvalue weighted by atomic mass is 10.2. The number of likely N-dealkylation sites (N-methyl/N-ethyl adjacent to an activating group) is 1. The molecule has 0 aliphatic rings. The van der Waals surface area contributed by atoms with E-state index in [-0.39, 0.29) is 5.82 Å². The molecule has 3 N–H and O–H groups in total. The topological polar surface area (TPSA) is 28.5 Å². The Labute approximate surface area is 133 Å². The highest BCUT2D eigenvalue weighted by atomic mass is 32.1. The number of hydrogen-bond acceptors (Lipinski definition) is 2. The zero-order chi connectivity index (χ0) is 15.2. The molecule has 0 amide bonds. The van der Waals surface area contributed by atoms with Crippen molar-refractivity contribution in [2.24, 2.45) is 0 Å². The number of quaternary nitrogens is 1. The average Bonchev–Trinajstić information content (AvgIpc) is 2.95. The number of nitrogens with one attached hydrogen (secondary N) is 3. The summed E-state index contributed by atoms with van der Waals surface area (Å²) in [7, 11) is 4.25. The van der Waals surface area contributed by atoms with Crippen LogP contribution in [0.5, 0.6) is 0 Å². The first-order valence-electron chi connectivity index (χ1n) is 6.70. The molecule has 0 bridgehead atoms. The van der Waals surface area contributed by atoms with E-state index in [1.165, 1.54) is 21.9 Å². The van der Waals surface area contributed by atoms with Crippen LogP contribution in [0.4, 0.5) is 10.1 Å². The van der Waals surface area contributed by atoms with Crippen molar-refractivity contribution in [3.63, 3.8) is 0 Å². The predicted molar refractivity (Wildman–Crippen MR) is 90.5 cm³/mol. The molecular formula is C15H19FN3S2+. The minimum absolute atomic E-state index is 0.256. The molecule has 1 atom stereocenters. The summed E-state index contributed by atoms with van der Waals surface area (Å²) >= 11 is 7.03. The van der Waals surface area contributed by atoms with Crippen LogP contribution in [0, 0.1) is 5.82 Å².